The van der Waals surface area contributed by atoms with Crippen molar-refractivity contribution >= 4 is 0 Å². The number of hydrogen-bond acceptors (Lipinski definition) is 3. The third-order valence-electron chi connectivity index (χ3n) is 2.12. The fourth-order valence-corrected chi connectivity index (χ4v) is 1.25. The molecule has 0 bridgehead atoms. The van der Waals surface area contributed by atoms with Gasteiger partial charge in [0, 0.05) is 17.6 Å². The van der Waals surface area contributed by atoms with Crippen LogP contribution in [0.1, 0.15) is 32.1 Å². The summed E-state index contributed by atoms with van der Waals surface area (Å²) in [7, 11) is 0. The number of ether oxygens (including phenoxy) is 1. The second-order valence-corrected chi connectivity index (χ2v) is 4.78. The highest BCUT2D eigenvalue weighted by Crippen LogP contribution is 2.13. The first kappa shape index (κ1) is 13.0. The fraction of sp³-hybridized carbons (Fsp3) is 0.538. The summed E-state index contributed by atoms with van der Waals surface area (Å²) in [6, 6.07) is 1.98. The molecule has 0 spiro atoms. The summed E-state index contributed by atoms with van der Waals surface area (Å²) in [5.74, 6) is 0.888. The SMILES string of the molecule is C=CCOCc1occc1CNC(C)(C)C. The Morgan fingerprint density at radius 3 is 2.88 bits per heavy atom. The quantitative estimate of drug-likeness (QED) is 0.595. The highest BCUT2D eigenvalue weighted by molar-refractivity contribution is 5.16. The fourth-order valence-electron chi connectivity index (χ4n) is 1.25. The lowest BCUT2D eigenvalue weighted by molar-refractivity contribution is 0.130. The monoisotopic (exact) mass is 223 g/mol. The van der Waals surface area contributed by atoms with Gasteiger partial charge in [0.1, 0.15) is 12.4 Å². The van der Waals surface area contributed by atoms with Crippen molar-refractivity contribution in [2.45, 2.75) is 39.5 Å². The molecule has 0 aromatic carbocycles. The van der Waals surface area contributed by atoms with Crippen LogP contribution in [0, 0.1) is 0 Å². The van der Waals surface area contributed by atoms with Crippen LogP contribution in [0.2, 0.25) is 0 Å². The van der Waals surface area contributed by atoms with Crippen LogP contribution in [0.4, 0.5) is 0 Å². The normalized spacial score (nSPS) is 11.7. The number of rotatable bonds is 6. The van der Waals surface area contributed by atoms with Gasteiger partial charge in [0.05, 0.1) is 12.9 Å². The van der Waals surface area contributed by atoms with E-state index in [1.165, 1.54) is 0 Å². The number of nitrogens with one attached hydrogen (secondary N) is 1. The van der Waals surface area contributed by atoms with Gasteiger partial charge in [0.25, 0.3) is 0 Å². The van der Waals surface area contributed by atoms with Crippen molar-refractivity contribution < 1.29 is 9.15 Å². The molecule has 1 aromatic heterocycles. The van der Waals surface area contributed by atoms with Crippen LogP contribution in [0.3, 0.4) is 0 Å². The number of furan rings is 1. The molecule has 1 heterocycles. The van der Waals surface area contributed by atoms with Crippen LogP contribution in [-0.2, 0) is 17.9 Å². The Bertz CT molecular complexity index is 323. The van der Waals surface area contributed by atoms with Crippen LogP contribution >= 0.6 is 0 Å². The van der Waals surface area contributed by atoms with E-state index >= 15 is 0 Å². The molecule has 0 unspecified atom stereocenters. The van der Waals surface area contributed by atoms with Crippen molar-refractivity contribution in [1.82, 2.24) is 5.32 Å². The lowest BCUT2D eigenvalue weighted by Crippen LogP contribution is -2.35. The minimum absolute atomic E-state index is 0.108. The standard InChI is InChI=1S/C13H21NO2/c1-5-7-15-10-12-11(6-8-16-12)9-14-13(2,3)4/h5-6,8,14H,1,7,9-10H2,2-4H3. The van der Waals surface area contributed by atoms with Crippen molar-refractivity contribution in [1.29, 1.82) is 0 Å². The van der Waals surface area contributed by atoms with Gasteiger partial charge < -0.3 is 14.5 Å². The second-order valence-electron chi connectivity index (χ2n) is 4.78. The Morgan fingerprint density at radius 1 is 1.50 bits per heavy atom. The van der Waals surface area contributed by atoms with Gasteiger partial charge in [-0.2, -0.15) is 0 Å². The predicted molar refractivity (Wildman–Crippen MR) is 65.2 cm³/mol. The molecule has 3 heteroatoms. The van der Waals surface area contributed by atoms with Crippen LogP contribution < -0.4 is 5.32 Å². The van der Waals surface area contributed by atoms with E-state index < -0.39 is 0 Å². The van der Waals surface area contributed by atoms with Gasteiger partial charge in [-0.25, -0.2) is 0 Å². The van der Waals surface area contributed by atoms with E-state index in [-0.39, 0.29) is 5.54 Å². The molecule has 0 aliphatic heterocycles. The van der Waals surface area contributed by atoms with Crippen molar-refractivity contribution in [2.24, 2.45) is 0 Å². The smallest absolute Gasteiger partial charge is 0.133 e. The first-order chi connectivity index (χ1) is 7.53. The molecule has 0 saturated carbocycles. The molecular formula is C13H21NO2. The second kappa shape index (κ2) is 5.87. The average molecular weight is 223 g/mol. The molecule has 1 N–H and O–H groups in total. The molecule has 90 valence electrons. The van der Waals surface area contributed by atoms with Crippen molar-refractivity contribution in [2.75, 3.05) is 6.61 Å². The Hall–Kier alpha value is -1.06. The first-order valence-electron chi connectivity index (χ1n) is 5.52. The van der Waals surface area contributed by atoms with E-state index in [4.69, 9.17) is 9.15 Å². The van der Waals surface area contributed by atoms with E-state index in [0.717, 1.165) is 17.9 Å². The third kappa shape index (κ3) is 4.64. The molecule has 0 aliphatic rings. The maximum Gasteiger partial charge on any atom is 0.133 e. The lowest BCUT2D eigenvalue weighted by Gasteiger charge is -2.20. The zero-order chi connectivity index (χ0) is 12.0. The highest BCUT2D eigenvalue weighted by atomic mass is 16.5. The van der Waals surface area contributed by atoms with Gasteiger partial charge in [-0.1, -0.05) is 6.08 Å². The minimum atomic E-state index is 0.108. The summed E-state index contributed by atoms with van der Waals surface area (Å²) in [5.41, 5.74) is 1.26. The Morgan fingerprint density at radius 2 is 2.25 bits per heavy atom. The van der Waals surface area contributed by atoms with Crippen LogP contribution in [0.5, 0.6) is 0 Å². The average Bonchev–Trinajstić information content (AvgIpc) is 2.62. The van der Waals surface area contributed by atoms with Gasteiger partial charge in [-0.05, 0) is 26.8 Å². The van der Waals surface area contributed by atoms with E-state index in [1.54, 1.807) is 12.3 Å². The molecule has 0 aliphatic carbocycles. The van der Waals surface area contributed by atoms with E-state index in [1.807, 2.05) is 6.07 Å². The summed E-state index contributed by atoms with van der Waals surface area (Å²) >= 11 is 0. The van der Waals surface area contributed by atoms with Crippen molar-refractivity contribution in [3.8, 4) is 0 Å². The topological polar surface area (TPSA) is 34.4 Å². The van der Waals surface area contributed by atoms with Gasteiger partial charge in [0.2, 0.25) is 0 Å². The molecule has 0 amide bonds. The van der Waals surface area contributed by atoms with Crippen molar-refractivity contribution in [3.05, 3.63) is 36.3 Å². The molecule has 0 radical (unpaired) electrons. The summed E-state index contributed by atoms with van der Waals surface area (Å²) in [6.45, 7) is 11.9. The predicted octanol–water partition coefficient (Wildman–Crippen LogP) is 2.87. The Balaban J connectivity index is 2.47. The maximum atomic E-state index is 5.38. The van der Waals surface area contributed by atoms with Gasteiger partial charge in [0.15, 0.2) is 0 Å². The minimum Gasteiger partial charge on any atom is -0.467 e. The van der Waals surface area contributed by atoms with Crippen molar-refractivity contribution in [3.63, 3.8) is 0 Å². The largest absolute Gasteiger partial charge is 0.467 e. The first-order valence-corrected chi connectivity index (χ1v) is 5.52. The molecule has 1 rings (SSSR count). The third-order valence-corrected chi connectivity index (χ3v) is 2.12. The van der Waals surface area contributed by atoms with Crippen LogP contribution in [-0.4, -0.2) is 12.1 Å². The summed E-state index contributed by atoms with van der Waals surface area (Å²) in [6.07, 6.45) is 3.43. The lowest BCUT2D eigenvalue weighted by atomic mass is 10.1. The van der Waals surface area contributed by atoms with Crippen LogP contribution in [0.25, 0.3) is 0 Å². The zero-order valence-corrected chi connectivity index (χ0v) is 10.4. The van der Waals surface area contributed by atoms with Gasteiger partial charge in [-0.3, -0.25) is 0 Å². The Labute approximate surface area is 97.5 Å². The van der Waals surface area contributed by atoms with Gasteiger partial charge >= 0.3 is 0 Å². The summed E-state index contributed by atoms with van der Waals surface area (Å²) < 4.78 is 10.7. The zero-order valence-electron chi connectivity index (χ0n) is 10.4. The number of hydrogen-bond donors (Lipinski definition) is 1. The molecule has 0 saturated heterocycles. The molecule has 3 nitrogen and oxygen atoms in total. The van der Waals surface area contributed by atoms with Crippen LogP contribution in [0.15, 0.2) is 29.4 Å². The summed E-state index contributed by atoms with van der Waals surface area (Å²) in [5, 5.41) is 3.42. The molecule has 0 fully saturated rings. The molecule has 16 heavy (non-hydrogen) atoms. The highest BCUT2D eigenvalue weighted by Gasteiger charge is 2.11. The van der Waals surface area contributed by atoms with Gasteiger partial charge in [-0.15, -0.1) is 6.58 Å². The molecular weight excluding hydrogens is 202 g/mol. The molecule has 0 atom stereocenters. The summed E-state index contributed by atoms with van der Waals surface area (Å²) in [4.78, 5) is 0. The van der Waals surface area contributed by atoms with E-state index in [9.17, 15) is 0 Å². The van der Waals surface area contributed by atoms with E-state index in [0.29, 0.717) is 13.2 Å². The Kier molecular flexibility index (Phi) is 4.77. The maximum absolute atomic E-state index is 5.38. The van der Waals surface area contributed by atoms with E-state index in [2.05, 4.69) is 32.7 Å². The molecule has 1 aromatic rings.